The molecule has 7 nitrogen and oxygen atoms in total. The van der Waals surface area contributed by atoms with E-state index in [4.69, 9.17) is 4.74 Å². The zero-order valence-corrected chi connectivity index (χ0v) is 15.4. The predicted octanol–water partition coefficient (Wildman–Crippen LogP) is 2.17. The summed E-state index contributed by atoms with van der Waals surface area (Å²) >= 11 is 0. The van der Waals surface area contributed by atoms with Crippen LogP contribution in [0.3, 0.4) is 0 Å². The highest BCUT2D eigenvalue weighted by molar-refractivity contribution is 6.05. The molecule has 2 rings (SSSR count). The van der Waals surface area contributed by atoms with Gasteiger partial charge in [0.15, 0.2) is 0 Å². The quantitative estimate of drug-likeness (QED) is 0.788. The van der Waals surface area contributed by atoms with Crippen LogP contribution in [0.1, 0.15) is 33.1 Å². The van der Waals surface area contributed by atoms with Crippen LogP contribution in [0.25, 0.3) is 0 Å². The zero-order valence-electron chi connectivity index (χ0n) is 15.4. The van der Waals surface area contributed by atoms with E-state index in [0.717, 1.165) is 5.69 Å². The molecule has 0 saturated carbocycles. The Morgan fingerprint density at radius 2 is 1.81 bits per heavy atom. The number of likely N-dealkylation sites (tertiary alicyclic amines) is 1. The number of amides is 3. The second-order valence-electron chi connectivity index (χ2n) is 6.18. The lowest BCUT2D eigenvalue weighted by Crippen LogP contribution is -2.47. The van der Waals surface area contributed by atoms with Crippen LogP contribution >= 0.6 is 0 Å². The molecule has 1 aliphatic heterocycles. The molecule has 0 radical (unpaired) electrons. The van der Waals surface area contributed by atoms with Crippen LogP contribution in [-0.2, 0) is 14.3 Å². The van der Waals surface area contributed by atoms with Crippen molar-refractivity contribution in [1.29, 1.82) is 0 Å². The van der Waals surface area contributed by atoms with E-state index in [1.807, 2.05) is 37.3 Å². The number of hydrogen-bond acceptors (Lipinski definition) is 4. The molecular formula is C19H27N3O4. The van der Waals surface area contributed by atoms with Gasteiger partial charge in [-0.15, -0.1) is 0 Å². The van der Waals surface area contributed by atoms with E-state index in [2.05, 4.69) is 5.32 Å². The third kappa shape index (κ3) is 5.47. The summed E-state index contributed by atoms with van der Waals surface area (Å²) in [7, 11) is 0. The van der Waals surface area contributed by atoms with Crippen LogP contribution in [0.2, 0.25) is 0 Å². The van der Waals surface area contributed by atoms with E-state index >= 15 is 0 Å². The third-order valence-corrected chi connectivity index (χ3v) is 4.38. The highest BCUT2D eigenvalue weighted by atomic mass is 16.6. The molecule has 0 bridgehead atoms. The molecule has 0 unspecified atom stereocenters. The van der Waals surface area contributed by atoms with Crippen molar-refractivity contribution >= 4 is 23.6 Å². The molecule has 1 aromatic carbocycles. The Bertz CT molecular complexity index is 612. The molecule has 1 aromatic rings. The maximum Gasteiger partial charge on any atom is 0.409 e. The van der Waals surface area contributed by atoms with Gasteiger partial charge in [-0.3, -0.25) is 9.59 Å². The minimum Gasteiger partial charge on any atom is -0.450 e. The van der Waals surface area contributed by atoms with Gasteiger partial charge >= 0.3 is 6.09 Å². The lowest BCUT2D eigenvalue weighted by atomic mass is 10.1. The summed E-state index contributed by atoms with van der Waals surface area (Å²) in [5.41, 5.74) is 0.788. The number of carbonyl (C=O) groups excluding carboxylic acids is 3. The number of nitrogens with zero attached hydrogens (tertiary/aromatic N) is 2. The van der Waals surface area contributed by atoms with Crippen LogP contribution in [0.15, 0.2) is 30.3 Å². The van der Waals surface area contributed by atoms with Crippen molar-refractivity contribution in [1.82, 2.24) is 10.2 Å². The second kappa shape index (κ2) is 9.79. The van der Waals surface area contributed by atoms with Gasteiger partial charge < -0.3 is 19.9 Å². The van der Waals surface area contributed by atoms with Gasteiger partial charge in [-0.25, -0.2) is 4.79 Å². The Morgan fingerprint density at radius 3 is 2.38 bits per heavy atom. The zero-order chi connectivity index (χ0) is 18.9. The average Bonchev–Trinajstić information content (AvgIpc) is 2.64. The molecule has 26 heavy (non-hydrogen) atoms. The van der Waals surface area contributed by atoms with Crippen molar-refractivity contribution in [2.45, 2.75) is 39.2 Å². The van der Waals surface area contributed by atoms with E-state index in [1.54, 1.807) is 16.7 Å². The van der Waals surface area contributed by atoms with Gasteiger partial charge in [0.05, 0.1) is 6.61 Å². The molecular weight excluding hydrogens is 334 g/mol. The van der Waals surface area contributed by atoms with Crippen molar-refractivity contribution in [3.05, 3.63) is 30.3 Å². The van der Waals surface area contributed by atoms with Crippen molar-refractivity contribution < 1.29 is 19.1 Å². The summed E-state index contributed by atoms with van der Waals surface area (Å²) in [6.45, 7) is 5.61. The van der Waals surface area contributed by atoms with Gasteiger partial charge in [-0.05, 0) is 38.8 Å². The predicted molar refractivity (Wildman–Crippen MR) is 98.8 cm³/mol. The number of hydrogen-bond donors (Lipinski definition) is 1. The molecule has 1 saturated heterocycles. The number of para-hydroxylation sites is 1. The lowest BCUT2D eigenvalue weighted by Gasteiger charge is -2.31. The molecule has 7 heteroatoms. The maximum absolute atomic E-state index is 12.4. The Morgan fingerprint density at radius 1 is 1.15 bits per heavy atom. The fourth-order valence-electron chi connectivity index (χ4n) is 3.04. The second-order valence-corrected chi connectivity index (χ2v) is 6.18. The third-order valence-electron chi connectivity index (χ3n) is 4.38. The molecule has 1 N–H and O–H groups in total. The molecule has 1 heterocycles. The minimum absolute atomic E-state index is 0.0206. The first-order chi connectivity index (χ1) is 12.5. The minimum atomic E-state index is -0.311. The first-order valence-electron chi connectivity index (χ1n) is 9.11. The van der Waals surface area contributed by atoms with Crippen molar-refractivity contribution in [3.63, 3.8) is 0 Å². The van der Waals surface area contributed by atoms with E-state index in [1.165, 1.54) is 0 Å². The first kappa shape index (κ1) is 19.8. The normalized spacial score (nSPS) is 14.6. The summed E-state index contributed by atoms with van der Waals surface area (Å²) in [5, 5.41) is 2.91. The molecule has 3 amide bonds. The van der Waals surface area contributed by atoms with E-state index < -0.39 is 0 Å². The van der Waals surface area contributed by atoms with Crippen LogP contribution < -0.4 is 10.2 Å². The number of nitrogens with one attached hydrogen (secondary N) is 1. The topological polar surface area (TPSA) is 79.0 Å². The number of rotatable bonds is 6. The summed E-state index contributed by atoms with van der Waals surface area (Å²) < 4.78 is 4.98. The number of piperidine rings is 1. The first-order valence-corrected chi connectivity index (χ1v) is 9.11. The van der Waals surface area contributed by atoms with Crippen molar-refractivity contribution in [3.8, 4) is 0 Å². The van der Waals surface area contributed by atoms with Gasteiger partial charge in [0, 0.05) is 31.4 Å². The Labute approximate surface area is 154 Å². The fraction of sp³-hybridized carbons (Fsp3) is 0.526. The number of carbonyl (C=O) groups is 3. The molecule has 1 fully saturated rings. The van der Waals surface area contributed by atoms with Gasteiger partial charge in [0.25, 0.3) is 0 Å². The Balaban J connectivity index is 1.80. The van der Waals surface area contributed by atoms with Gasteiger partial charge in [-0.1, -0.05) is 18.2 Å². The summed E-state index contributed by atoms with van der Waals surface area (Å²) in [6, 6.07) is 9.30. The number of ether oxygens (including phenoxy) is 1. The average molecular weight is 361 g/mol. The maximum atomic E-state index is 12.4. The molecule has 142 valence electrons. The molecule has 0 aromatic heterocycles. The molecule has 0 spiro atoms. The van der Waals surface area contributed by atoms with Gasteiger partial charge in [0.2, 0.25) is 11.8 Å². The summed E-state index contributed by atoms with van der Waals surface area (Å²) in [4.78, 5) is 39.6. The molecule has 1 aliphatic rings. The number of anilines is 1. The van der Waals surface area contributed by atoms with Crippen molar-refractivity contribution in [2.75, 3.05) is 31.1 Å². The van der Waals surface area contributed by atoms with Crippen LogP contribution in [0.4, 0.5) is 10.5 Å². The van der Waals surface area contributed by atoms with Gasteiger partial charge in [0.1, 0.15) is 6.42 Å². The fourth-order valence-corrected chi connectivity index (χ4v) is 3.04. The largest absolute Gasteiger partial charge is 0.450 e. The number of benzene rings is 1. The lowest BCUT2D eigenvalue weighted by molar-refractivity contribution is -0.128. The van der Waals surface area contributed by atoms with Crippen LogP contribution in [-0.4, -0.2) is 55.1 Å². The monoisotopic (exact) mass is 361 g/mol. The van der Waals surface area contributed by atoms with Crippen molar-refractivity contribution in [2.24, 2.45) is 0 Å². The standard InChI is InChI=1S/C19H27N3O4/c1-3-22(16-8-6-5-7-9-16)18(24)14-17(23)20-15-10-12-21(13-11-15)19(25)26-4-2/h5-9,15H,3-4,10-14H2,1-2H3,(H,20,23). The Kier molecular flexibility index (Phi) is 7.44. The highest BCUT2D eigenvalue weighted by Crippen LogP contribution is 2.15. The molecule has 0 aliphatic carbocycles. The summed E-state index contributed by atoms with van der Waals surface area (Å²) in [5.74, 6) is -0.501. The van der Waals surface area contributed by atoms with Crippen LogP contribution in [0.5, 0.6) is 0 Å². The summed E-state index contributed by atoms with van der Waals surface area (Å²) in [6.07, 6.45) is 0.832. The SMILES string of the molecule is CCOC(=O)N1CCC(NC(=O)CC(=O)N(CC)c2ccccc2)CC1. The highest BCUT2D eigenvalue weighted by Gasteiger charge is 2.25. The van der Waals surface area contributed by atoms with E-state index in [0.29, 0.717) is 39.1 Å². The van der Waals surface area contributed by atoms with Crippen LogP contribution in [0, 0.1) is 0 Å². The van der Waals surface area contributed by atoms with Gasteiger partial charge in [-0.2, -0.15) is 0 Å². The van der Waals surface area contributed by atoms with E-state index in [9.17, 15) is 14.4 Å². The Hall–Kier alpha value is -2.57. The molecule has 0 atom stereocenters. The smallest absolute Gasteiger partial charge is 0.409 e. The van der Waals surface area contributed by atoms with E-state index in [-0.39, 0.29) is 30.4 Å².